The number of benzene rings is 1. The van der Waals surface area contributed by atoms with Crippen molar-refractivity contribution in [1.29, 1.82) is 0 Å². The molecule has 1 aromatic carbocycles. The van der Waals surface area contributed by atoms with Crippen molar-refractivity contribution < 1.29 is 9.90 Å². The minimum atomic E-state index is -0.915. The van der Waals surface area contributed by atoms with Gasteiger partial charge in [0, 0.05) is 10.6 Å². The van der Waals surface area contributed by atoms with Gasteiger partial charge in [-0.1, -0.05) is 13.3 Å². The molecule has 0 aliphatic carbocycles. The normalized spacial score (nSPS) is 10.2. The Hall–Kier alpha value is -1.16. The average Bonchev–Trinajstić information content (AvgIpc) is 2.20. The molecular weight excluding hydrogens is 210 g/mol. The summed E-state index contributed by atoms with van der Waals surface area (Å²) >= 11 is 1.57. The highest BCUT2D eigenvalue weighted by Gasteiger charge is 2.10. The molecule has 0 fully saturated rings. The van der Waals surface area contributed by atoms with Crippen LogP contribution in [0.5, 0.6) is 0 Å². The minimum absolute atomic E-state index is 0.302. The maximum absolute atomic E-state index is 10.9. The van der Waals surface area contributed by atoms with Crippen LogP contribution >= 0.6 is 11.8 Å². The summed E-state index contributed by atoms with van der Waals surface area (Å²) in [4.78, 5) is 11.7. The van der Waals surface area contributed by atoms with E-state index in [1.54, 1.807) is 23.9 Å². The first-order valence-corrected chi connectivity index (χ1v) is 5.89. The third kappa shape index (κ3) is 3.47. The standard InChI is InChI=1S/C11H15NO2S/c1-2-3-6-15-10-5-4-8(12)7-9(10)11(13)14/h4-5,7H,2-3,6,12H2,1H3,(H,13,14). The van der Waals surface area contributed by atoms with E-state index in [-0.39, 0.29) is 0 Å². The Labute approximate surface area is 93.7 Å². The van der Waals surface area contributed by atoms with Crippen molar-refractivity contribution >= 4 is 23.4 Å². The van der Waals surface area contributed by atoms with Crippen LogP contribution in [-0.4, -0.2) is 16.8 Å². The van der Waals surface area contributed by atoms with Gasteiger partial charge in [0.05, 0.1) is 5.56 Å². The first kappa shape index (κ1) is 11.9. The molecular formula is C11H15NO2S. The Balaban J connectivity index is 2.81. The van der Waals surface area contributed by atoms with Crippen molar-refractivity contribution in [2.45, 2.75) is 24.7 Å². The fraction of sp³-hybridized carbons (Fsp3) is 0.364. The molecule has 1 rings (SSSR count). The summed E-state index contributed by atoms with van der Waals surface area (Å²) in [5.41, 5.74) is 6.34. The Morgan fingerprint density at radius 2 is 2.27 bits per heavy atom. The highest BCUT2D eigenvalue weighted by Crippen LogP contribution is 2.25. The number of carboxylic acids is 1. The van der Waals surface area contributed by atoms with Crippen LogP contribution in [0.1, 0.15) is 30.1 Å². The van der Waals surface area contributed by atoms with Gasteiger partial charge >= 0.3 is 5.97 Å². The number of hydrogen-bond acceptors (Lipinski definition) is 3. The quantitative estimate of drug-likeness (QED) is 0.459. The third-order valence-electron chi connectivity index (χ3n) is 1.99. The molecule has 82 valence electrons. The molecule has 0 unspecified atom stereocenters. The Morgan fingerprint density at radius 3 is 2.87 bits per heavy atom. The molecule has 0 radical (unpaired) electrons. The molecule has 15 heavy (non-hydrogen) atoms. The van der Waals surface area contributed by atoms with Crippen molar-refractivity contribution in [3.05, 3.63) is 23.8 Å². The summed E-state index contributed by atoms with van der Waals surface area (Å²) in [6.07, 6.45) is 2.21. The van der Waals surface area contributed by atoms with Crippen molar-refractivity contribution in [3.63, 3.8) is 0 Å². The fourth-order valence-corrected chi connectivity index (χ4v) is 2.29. The highest BCUT2D eigenvalue weighted by atomic mass is 32.2. The van der Waals surface area contributed by atoms with Gasteiger partial charge in [-0.3, -0.25) is 0 Å². The zero-order valence-electron chi connectivity index (χ0n) is 8.69. The number of anilines is 1. The van der Waals surface area contributed by atoms with Gasteiger partial charge < -0.3 is 10.8 Å². The summed E-state index contributed by atoms with van der Waals surface area (Å²) in [5, 5.41) is 8.98. The average molecular weight is 225 g/mol. The Morgan fingerprint density at radius 1 is 1.53 bits per heavy atom. The molecule has 0 bridgehead atoms. The second-order valence-corrected chi connectivity index (χ2v) is 4.40. The van der Waals surface area contributed by atoms with Crippen molar-refractivity contribution in [2.24, 2.45) is 0 Å². The summed E-state index contributed by atoms with van der Waals surface area (Å²) < 4.78 is 0. The Kier molecular flexibility index (Phi) is 4.49. The lowest BCUT2D eigenvalue weighted by molar-refractivity contribution is 0.0693. The second kappa shape index (κ2) is 5.66. The summed E-state index contributed by atoms with van der Waals surface area (Å²) in [6.45, 7) is 2.11. The summed E-state index contributed by atoms with van der Waals surface area (Å²) in [6, 6.07) is 5.02. The molecule has 0 aromatic heterocycles. The predicted octanol–water partition coefficient (Wildman–Crippen LogP) is 2.86. The molecule has 3 nitrogen and oxygen atoms in total. The van der Waals surface area contributed by atoms with Gasteiger partial charge in [-0.25, -0.2) is 4.79 Å². The summed E-state index contributed by atoms with van der Waals surface area (Å²) in [5.74, 6) is 0.0297. The number of carbonyl (C=O) groups is 1. The highest BCUT2D eigenvalue weighted by molar-refractivity contribution is 7.99. The van der Waals surface area contributed by atoms with Gasteiger partial charge in [-0.2, -0.15) is 0 Å². The molecule has 3 N–H and O–H groups in total. The van der Waals surface area contributed by atoms with Crippen LogP contribution in [0.15, 0.2) is 23.1 Å². The molecule has 1 aromatic rings. The molecule has 0 heterocycles. The Bertz CT molecular complexity index is 352. The number of carboxylic acid groups (broad SMARTS) is 1. The van der Waals surface area contributed by atoms with E-state index in [1.807, 2.05) is 0 Å². The van der Waals surface area contributed by atoms with E-state index in [9.17, 15) is 4.79 Å². The van der Waals surface area contributed by atoms with E-state index in [0.717, 1.165) is 23.5 Å². The first-order chi connectivity index (χ1) is 7.15. The number of hydrogen-bond donors (Lipinski definition) is 2. The van der Waals surface area contributed by atoms with Gasteiger partial charge in [-0.05, 0) is 30.4 Å². The third-order valence-corrected chi connectivity index (χ3v) is 3.15. The van der Waals surface area contributed by atoms with Crippen molar-refractivity contribution in [1.82, 2.24) is 0 Å². The number of nitrogens with two attached hydrogens (primary N) is 1. The topological polar surface area (TPSA) is 63.3 Å². The maximum Gasteiger partial charge on any atom is 0.336 e. The molecule has 0 aliphatic rings. The zero-order valence-corrected chi connectivity index (χ0v) is 9.51. The number of aromatic carboxylic acids is 1. The van der Waals surface area contributed by atoms with Gasteiger partial charge in [0.15, 0.2) is 0 Å². The van der Waals surface area contributed by atoms with Crippen LogP contribution in [-0.2, 0) is 0 Å². The maximum atomic E-state index is 10.9. The molecule has 0 saturated carbocycles. The zero-order chi connectivity index (χ0) is 11.3. The molecule has 0 spiro atoms. The van der Waals surface area contributed by atoms with Crippen molar-refractivity contribution in [3.8, 4) is 0 Å². The number of rotatable bonds is 5. The number of nitrogen functional groups attached to an aromatic ring is 1. The van der Waals surface area contributed by atoms with Gasteiger partial charge in [0.1, 0.15) is 0 Å². The lowest BCUT2D eigenvalue weighted by atomic mass is 10.2. The smallest absolute Gasteiger partial charge is 0.336 e. The predicted molar refractivity (Wildman–Crippen MR) is 63.4 cm³/mol. The fourth-order valence-electron chi connectivity index (χ4n) is 1.17. The monoisotopic (exact) mass is 225 g/mol. The number of thioether (sulfide) groups is 1. The van der Waals surface area contributed by atoms with E-state index in [4.69, 9.17) is 10.8 Å². The number of unbranched alkanes of at least 4 members (excludes halogenated alkanes) is 1. The SMILES string of the molecule is CCCCSc1ccc(N)cc1C(=O)O. The van der Waals surface area contributed by atoms with E-state index in [1.165, 1.54) is 6.07 Å². The summed E-state index contributed by atoms with van der Waals surface area (Å²) in [7, 11) is 0. The molecule has 0 aliphatic heterocycles. The van der Waals surface area contributed by atoms with Gasteiger partial charge in [0.25, 0.3) is 0 Å². The molecule has 0 saturated heterocycles. The van der Waals surface area contributed by atoms with Crippen molar-refractivity contribution in [2.75, 3.05) is 11.5 Å². The van der Waals surface area contributed by atoms with Gasteiger partial charge in [0.2, 0.25) is 0 Å². The van der Waals surface area contributed by atoms with Gasteiger partial charge in [-0.15, -0.1) is 11.8 Å². The lowest BCUT2D eigenvalue weighted by Gasteiger charge is -2.06. The largest absolute Gasteiger partial charge is 0.478 e. The first-order valence-electron chi connectivity index (χ1n) is 4.90. The van der Waals surface area contributed by atoms with E-state index >= 15 is 0 Å². The van der Waals surface area contributed by atoms with E-state index < -0.39 is 5.97 Å². The van der Waals surface area contributed by atoms with Crippen LogP contribution in [0.25, 0.3) is 0 Å². The van der Waals surface area contributed by atoms with E-state index in [2.05, 4.69) is 6.92 Å². The molecule has 0 atom stereocenters. The minimum Gasteiger partial charge on any atom is -0.478 e. The molecule has 4 heteroatoms. The van der Waals surface area contributed by atoms with Crippen LogP contribution < -0.4 is 5.73 Å². The van der Waals surface area contributed by atoms with E-state index in [0.29, 0.717) is 11.3 Å². The van der Waals surface area contributed by atoms with Crippen LogP contribution in [0, 0.1) is 0 Å². The van der Waals surface area contributed by atoms with Crippen LogP contribution in [0.3, 0.4) is 0 Å². The lowest BCUT2D eigenvalue weighted by Crippen LogP contribution is -2.00. The molecule has 0 amide bonds. The van der Waals surface area contributed by atoms with Crippen LogP contribution in [0.4, 0.5) is 5.69 Å². The second-order valence-electron chi connectivity index (χ2n) is 3.26. The van der Waals surface area contributed by atoms with Crippen LogP contribution in [0.2, 0.25) is 0 Å².